The van der Waals surface area contributed by atoms with Gasteiger partial charge < -0.3 is 4.74 Å². The number of anilines is 1. The van der Waals surface area contributed by atoms with Crippen molar-refractivity contribution in [3.63, 3.8) is 0 Å². The van der Waals surface area contributed by atoms with E-state index < -0.39 is 0 Å². The molecule has 106 valence electrons. The summed E-state index contributed by atoms with van der Waals surface area (Å²) in [6.07, 6.45) is 0.217. The molecule has 0 saturated carbocycles. The number of imide groups is 1. The van der Waals surface area contributed by atoms with Crippen LogP contribution in [0.1, 0.15) is 17.9 Å². The third-order valence-electron chi connectivity index (χ3n) is 3.68. The van der Waals surface area contributed by atoms with Gasteiger partial charge in [-0.2, -0.15) is 0 Å². The van der Waals surface area contributed by atoms with E-state index in [1.54, 1.807) is 31.4 Å². The van der Waals surface area contributed by atoms with E-state index in [4.69, 9.17) is 4.74 Å². The minimum Gasteiger partial charge on any atom is -0.497 e. The highest BCUT2D eigenvalue weighted by Crippen LogP contribution is 2.33. The Bertz CT molecular complexity index is 664. The molecule has 0 bridgehead atoms. The number of ether oxygens (including phenoxy) is 1. The van der Waals surface area contributed by atoms with Gasteiger partial charge in [-0.05, 0) is 29.8 Å². The monoisotopic (exact) mass is 281 g/mol. The summed E-state index contributed by atoms with van der Waals surface area (Å²) in [4.78, 5) is 26.0. The standard InChI is InChI=1S/C17H15NO3/c1-21-14-9-7-13(8-10-14)18-16(19)11-15(17(18)20)12-5-3-2-4-6-12/h2-10,15H,11H2,1H3. The number of rotatable bonds is 3. The molecule has 1 aliphatic rings. The smallest absolute Gasteiger partial charge is 0.241 e. The molecular weight excluding hydrogens is 266 g/mol. The van der Waals surface area contributed by atoms with Crippen molar-refractivity contribution in [2.24, 2.45) is 0 Å². The maximum absolute atomic E-state index is 12.5. The van der Waals surface area contributed by atoms with Crippen LogP contribution in [0, 0.1) is 0 Å². The maximum Gasteiger partial charge on any atom is 0.241 e. The fourth-order valence-corrected chi connectivity index (χ4v) is 2.58. The summed E-state index contributed by atoms with van der Waals surface area (Å²) >= 11 is 0. The van der Waals surface area contributed by atoms with E-state index in [-0.39, 0.29) is 24.2 Å². The predicted molar refractivity (Wildman–Crippen MR) is 79.3 cm³/mol. The number of carbonyl (C=O) groups excluding carboxylic acids is 2. The molecule has 1 aliphatic heterocycles. The van der Waals surface area contributed by atoms with Crippen LogP contribution in [0.4, 0.5) is 5.69 Å². The first kappa shape index (κ1) is 13.4. The average molecular weight is 281 g/mol. The number of methoxy groups -OCH3 is 1. The van der Waals surface area contributed by atoms with Gasteiger partial charge in [0.05, 0.1) is 18.7 Å². The second-order valence-corrected chi connectivity index (χ2v) is 4.93. The van der Waals surface area contributed by atoms with Gasteiger partial charge in [0.25, 0.3) is 0 Å². The first-order valence-electron chi connectivity index (χ1n) is 6.76. The van der Waals surface area contributed by atoms with Crippen LogP contribution in [0.2, 0.25) is 0 Å². The van der Waals surface area contributed by atoms with Crippen molar-refractivity contribution in [2.75, 3.05) is 12.0 Å². The molecule has 1 saturated heterocycles. The highest BCUT2D eigenvalue weighted by atomic mass is 16.5. The maximum atomic E-state index is 12.5. The zero-order valence-corrected chi connectivity index (χ0v) is 11.7. The third-order valence-corrected chi connectivity index (χ3v) is 3.68. The molecule has 3 rings (SSSR count). The highest BCUT2D eigenvalue weighted by molar-refractivity contribution is 6.22. The van der Waals surface area contributed by atoms with Gasteiger partial charge in [-0.3, -0.25) is 14.5 Å². The summed E-state index contributed by atoms with van der Waals surface area (Å²) in [5.41, 5.74) is 1.47. The average Bonchev–Trinajstić information content (AvgIpc) is 2.83. The predicted octanol–water partition coefficient (Wildman–Crippen LogP) is 2.74. The summed E-state index contributed by atoms with van der Waals surface area (Å²) in [5.74, 6) is -0.0337. The second kappa shape index (κ2) is 5.40. The molecule has 4 heteroatoms. The van der Waals surface area contributed by atoms with E-state index in [2.05, 4.69) is 0 Å². The molecule has 0 aromatic heterocycles. The van der Waals surface area contributed by atoms with Gasteiger partial charge in [0.15, 0.2) is 0 Å². The van der Waals surface area contributed by atoms with Gasteiger partial charge in [-0.25, -0.2) is 0 Å². The van der Waals surface area contributed by atoms with E-state index in [0.29, 0.717) is 11.4 Å². The number of amides is 2. The Kier molecular flexibility index (Phi) is 3.44. The van der Waals surface area contributed by atoms with Gasteiger partial charge >= 0.3 is 0 Å². The number of carbonyl (C=O) groups is 2. The summed E-state index contributed by atoms with van der Waals surface area (Å²) in [6.45, 7) is 0. The lowest BCUT2D eigenvalue weighted by Gasteiger charge is -2.15. The molecule has 0 spiro atoms. The van der Waals surface area contributed by atoms with E-state index in [9.17, 15) is 9.59 Å². The van der Waals surface area contributed by atoms with Gasteiger partial charge in [0.1, 0.15) is 5.75 Å². The van der Waals surface area contributed by atoms with Crippen LogP contribution in [0.3, 0.4) is 0 Å². The lowest BCUT2D eigenvalue weighted by molar-refractivity contribution is -0.121. The number of nitrogens with zero attached hydrogens (tertiary/aromatic N) is 1. The largest absolute Gasteiger partial charge is 0.497 e. The zero-order chi connectivity index (χ0) is 14.8. The highest BCUT2D eigenvalue weighted by Gasteiger charge is 2.40. The molecule has 1 fully saturated rings. The Morgan fingerprint density at radius 3 is 2.29 bits per heavy atom. The normalized spacial score (nSPS) is 18.1. The molecule has 1 unspecified atom stereocenters. The lowest BCUT2D eigenvalue weighted by Crippen LogP contribution is -2.29. The number of hydrogen-bond acceptors (Lipinski definition) is 3. The molecule has 0 radical (unpaired) electrons. The SMILES string of the molecule is COc1ccc(N2C(=O)CC(c3ccccc3)C2=O)cc1. The molecule has 21 heavy (non-hydrogen) atoms. The minimum atomic E-state index is -0.388. The van der Waals surface area contributed by atoms with Crippen LogP contribution in [0.15, 0.2) is 54.6 Å². The summed E-state index contributed by atoms with van der Waals surface area (Å²) in [5, 5.41) is 0. The van der Waals surface area contributed by atoms with Crippen LogP contribution < -0.4 is 9.64 Å². The molecule has 0 aliphatic carbocycles. The molecule has 1 atom stereocenters. The first-order valence-corrected chi connectivity index (χ1v) is 6.76. The van der Waals surface area contributed by atoms with Crippen molar-refractivity contribution in [3.8, 4) is 5.75 Å². The van der Waals surface area contributed by atoms with E-state index >= 15 is 0 Å². The van der Waals surface area contributed by atoms with Crippen LogP contribution >= 0.6 is 0 Å². The van der Waals surface area contributed by atoms with Crippen molar-refractivity contribution in [3.05, 3.63) is 60.2 Å². The van der Waals surface area contributed by atoms with Crippen LogP contribution in [0.5, 0.6) is 5.75 Å². The lowest BCUT2D eigenvalue weighted by atomic mass is 9.98. The molecule has 0 N–H and O–H groups in total. The Hall–Kier alpha value is -2.62. The summed E-state index contributed by atoms with van der Waals surface area (Å²) in [7, 11) is 1.58. The van der Waals surface area contributed by atoms with Gasteiger partial charge in [-0.1, -0.05) is 30.3 Å². The Morgan fingerprint density at radius 2 is 1.67 bits per heavy atom. The van der Waals surface area contributed by atoms with Crippen molar-refractivity contribution in [2.45, 2.75) is 12.3 Å². The number of benzene rings is 2. The first-order chi connectivity index (χ1) is 10.2. The molecular formula is C17H15NO3. The van der Waals surface area contributed by atoms with Crippen molar-refractivity contribution in [1.82, 2.24) is 0 Å². The van der Waals surface area contributed by atoms with Gasteiger partial charge in [0, 0.05) is 6.42 Å². The Balaban J connectivity index is 1.90. The molecule has 4 nitrogen and oxygen atoms in total. The second-order valence-electron chi connectivity index (χ2n) is 4.93. The van der Waals surface area contributed by atoms with E-state index in [1.165, 1.54) is 4.90 Å². The molecule has 2 aromatic rings. The quantitative estimate of drug-likeness (QED) is 0.813. The minimum absolute atomic E-state index is 0.168. The summed E-state index contributed by atoms with van der Waals surface area (Å²) in [6, 6.07) is 16.3. The molecule has 2 aromatic carbocycles. The van der Waals surface area contributed by atoms with Gasteiger partial charge in [0.2, 0.25) is 11.8 Å². The Morgan fingerprint density at radius 1 is 1.00 bits per heavy atom. The van der Waals surface area contributed by atoms with Crippen LogP contribution in [-0.4, -0.2) is 18.9 Å². The van der Waals surface area contributed by atoms with Crippen molar-refractivity contribution in [1.29, 1.82) is 0 Å². The van der Waals surface area contributed by atoms with Crippen molar-refractivity contribution < 1.29 is 14.3 Å². The fraction of sp³-hybridized carbons (Fsp3) is 0.176. The van der Waals surface area contributed by atoms with E-state index in [1.807, 2.05) is 30.3 Å². The van der Waals surface area contributed by atoms with Crippen LogP contribution in [-0.2, 0) is 9.59 Å². The van der Waals surface area contributed by atoms with Crippen LogP contribution in [0.25, 0.3) is 0 Å². The third kappa shape index (κ3) is 2.40. The fourth-order valence-electron chi connectivity index (χ4n) is 2.58. The molecule has 2 amide bonds. The zero-order valence-electron chi connectivity index (χ0n) is 11.7. The van der Waals surface area contributed by atoms with Crippen molar-refractivity contribution >= 4 is 17.5 Å². The summed E-state index contributed by atoms with van der Waals surface area (Å²) < 4.78 is 5.09. The Labute approximate surface area is 123 Å². The topological polar surface area (TPSA) is 46.6 Å². The molecule has 1 heterocycles. The van der Waals surface area contributed by atoms with Gasteiger partial charge in [-0.15, -0.1) is 0 Å². The number of hydrogen-bond donors (Lipinski definition) is 0. The van der Waals surface area contributed by atoms with E-state index in [0.717, 1.165) is 5.56 Å².